The fourth-order valence-corrected chi connectivity index (χ4v) is 3.80. The Bertz CT molecular complexity index is 746. The third kappa shape index (κ3) is 2.59. The zero-order valence-corrected chi connectivity index (χ0v) is 14.0. The number of aliphatic hydroxyl groups excluding tert-OH is 1. The molecule has 0 aromatic heterocycles. The van der Waals surface area contributed by atoms with Crippen molar-refractivity contribution in [3.63, 3.8) is 0 Å². The Morgan fingerprint density at radius 2 is 2.08 bits per heavy atom. The topological polar surface area (TPSA) is 139 Å². The van der Waals surface area contributed by atoms with Crippen molar-refractivity contribution in [1.82, 2.24) is 0 Å². The second-order valence-corrected chi connectivity index (χ2v) is 6.74. The van der Waals surface area contributed by atoms with Crippen LogP contribution < -0.4 is 0 Å². The van der Waals surface area contributed by atoms with Gasteiger partial charge in [0, 0.05) is 15.0 Å². The Kier molecular flexibility index (Phi) is 4.43. The highest BCUT2D eigenvalue weighted by molar-refractivity contribution is 6.35. The third-order valence-corrected chi connectivity index (χ3v) is 5.04. The Labute approximate surface area is 150 Å². The Hall–Kier alpha value is -1.49. The molecule has 2 saturated heterocycles. The van der Waals surface area contributed by atoms with Crippen molar-refractivity contribution in [2.75, 3.05) is 13.2 Å². The van der Waals surface area contributed by atoms with Gasteiger partial charge in [0.15, 0.2) is 6.10 Å². The second kappa shape index (κ2) is 6.04. The van der Waals surface area contributed by atoms with Crippen molar-refractivity contribution in [2.45, 2.75) is 29.5 Å². The van der Waals surface area contributed by atoms with Gasteiger partial charge in [-0.15, -0.1) is 0 Å². The summed E-state index contributed by atoms with van der Waals surface area (Å²) < 4.78 is 9.89. The zero-order valence-electron chi connectivity index (χ0n) is 12.5. The minimum absolute atomic E-state index is 0.00119. The van der Waals surface area contributed by atoms with Gasteiger partial charge in [-0.3, -0.25) is 10.1 Å². The van der Waals surface area contributed by atoms with Crippen molar-refractivity contribution in [1.29, 1.82) is 0 Å². The van der Waals surface area contributed by atoms with Crippen LogP contribution in [-0.2, 0) is 14.3 Å². The number of benzene rings is 1. The zero-order chi connectivity index (χ0) is 18.6. The van der Waals surface area contributed by atoms with E-state index < -0.39 is 53.6 Å². The summed E-state index contributed by atoms with van der Waals surface area (Å²) in [5.74, 6) is -5.62. The number of ether oxygens (including phenoxy) is 2. The molecular formula is C14H13Cl2NO8. The molecule has 0 aliphatic carbocycles. The number of hydrogen-bond acceptors (Lipinski definition) is 8. The van der Waals surface area contributed by atoms with Crippen molar-refractivity contribution in [2.24, 2.45) is 0 Å². The Morgan fingerprint density at radius 1 is 1.40 bits per heavy atom. The predicted octanol–water partition coefficient (Wildman–Crippen LogP) is 0.0899. The summed E-state index contributed by atoms with van der Waals surface area (Å²) in [7, 11) is 0. The predicted molar refractivity (Wildman–Crippen MR) is 82.8 cm³/mol. The van der Waals surface area contributed by atoms with Crippen LogP contribution in [0.5, 0.6) is 0 Å². The summed E-state index contributed by atoms with van der Waals surface area (Å²) in [6.07, 6.45) is -2.97. The lowest BCUT2D eigenvalue weighted by Gasteiger charge is -2.36. The fourth-order valence-electron chi connectivity index (χ4n) is 3.26. The summed E-state index contributed by atoms with van der Waals surface area (Å²) in [5, 5.41) is 42.8. The molecule has 0 spiro atoms. The highest BCUT2D eigenvalue weighted by Crippen LogP contribution is 2.50. The number of fused-ring (bicyclic) bond motifs is 1. The van der Waals surface area contributed by atoms with Gasteiger partial charge in [0.25, 0.3) is 0 Å². The minimum Gasteiger partial charge on any atom is -0.451 e. The number of aliphatic hydroxyl groups is 3. The van der Waals surface area contributed by atoms with Crippen molar-refractivity contribution >= 4 is 29.2 Å². The van der Waals surface area contributed by atoms with E-state index in [0.717, 1.165) is 0 Å². The van der Waals surface area contributed by atoms with Crippen LogP contribution in [0.25, 0.3) is 0 Å². The molecule has 1 unspecified atom stereocenters. The molecule has 0 amide bonds. The molecule has 11 heteroatoms. The van der Waals surface area contributed by atoms with Gasteiger partial charge in [0.1, 0.15) is 6.10 Å². The van der Waals surface area contributed by atoms with Gasteiger partial charge in [0.05, 0.1) is 12.5 Å². The van der Waals surface area contributed by atoms with Crippen molar-refractivity contribution in [3.8, 4) is 0 Å². The minimum atomic E-state index is -2.85. The molecular weight excluding hydrogens is 381 g/mol. The summed E-state index contributed by atoms with van der Waals surface area (Å²) in [6, 6.07) is 3.94. The number of hydrogen-bond donors (Lipinski definition) is 3. The van der Waals surface area contributed by atoms with Crippen molar-refractivity contribution in [3.05, 3.63) is 43.9 Å². The highest BCUT2D eigenvalue weighted by Gasteiger charge is 2.76. The third-order valence-electron chi connectivity index (χ3n) is 4.47. The second-order valence-electron chi connectivity index (χ2n) is 5.90. The molecule has 3 rings (SSSR count). The number of rotatable bonds is 4. The van der Waals surface area contributed by atoms with Crippen LogP contribution in [0, 0.1) is 10.1 Å². The lowest BCUT2D eigenvalue weighted by molar-refractivity contribution is -0.489. The van der Waals surface area contributed by atoms with Crippen LogP contribution in [-0.4, -0.2) is 63.0 Å². The van der Waals surface area contributed by atoms with E-state index in [0.29, 0.717) is 0 Å². The van der Waals surface area contributed by atoms with Gasteiger partial charge < -0.3 is 24.8 Å². The highest BCUT2D eigenvalue weighted by atomic mass is 35.5. The SMILES string of the molecule is O=C1O[C@@H]2[C@@H](O)CO[C@]2(O)[C@@]1(O)C(C[N+](=O)[O-])c1ccc(Cl)cc1Cl. The molecule has 2 aliphatic heterocycles. The number of carbonyl (C=O) groups is 1. The first-order chi connectivity index (χ1) is 11.6. The van der Waals surface area contributed by atoms with E-state index in [1.807, 2.05) is 0 Å². The van der Waals surface area contributed by atoms with Crippen LogP contribution in [0.2, 0.25) is 10.0 Å². The number of halogens is 2. The molecule has 25 heavy (non-hydrogen) atoms. The number of esters is 1. The molecule has 1 aromatic carbocycles. The average molecular weight is 394 g/mol. The monoisotopic (exact) mass is 393 g/mol. The lowest BCUT2D eigenvalue weighted by Crippen LogP contribution is -2.62. The van der Waals surface area contributed by atoms with Gasteiger partial charge in [-0.05, 0) is 17.7 Å². The molecule has 136 valence electrons. The largest absolute Gasteiger partial charge is 0.451 e. The molecule has 2 aliphatic rings. The Morgan fingerprint density at radius 3 is 2.68 bits per heavy atom. The van der Waals surface area contributed by atoms with E-state index in [4.69, 9.17) is 32.7 Å². The molecule has 9 nitrogen and oxygen atoms in total. The van der Waals surface area contributed by atoms with Gasteiger partial charge >= 0.3 is 5.97 Å². The van der Waals surface area contributed by atoms with Gasteiger partial charge in [-0.1, -0.05) is 29.3 Å². The fraction of sp³-hybridized carbons (Fsp3) is 0.500. The van der Waals surface area contributed by atoms with E-state index in [1.165, 1.54) is 18.2 Å². The molecule has 2 fully saturated rings. The van der Waals surface area contributed by atoms with E-state index in [9.17, 15) is 30.2 Å². The number of nitro groups is 1. The lowest BCUT2D eigenvalue weighted by atomic mass is 9.76. The molecule has 2 heterocycles. The maximum Gasteiger partial charge on any atom is 0.345 e. The van der Waals surface area contributed by atoms with Gasteiger partial charge in [-0.2, -0.15) is 0 Å². The van der Waals surface area contributed by atoms with E-state index in [-0.39, 0.29) is 15.6 Å². The normalized spacial score (nSPS) is 35.3. The van der Waals surface area contributed by atoms with Crippen molar-refractivity contribution < 1.29 is 34.5 Å². The smallest absolute Gasteiger partial charge is 0.345 e. The van der Waals surface area contributed by atoms with Crippen LogP contribution in [0.3, 0.4) is 0 Å². The summed E-state index contributed by atoms with van der Waals surface area (Å²) >= 11 is 11.9. The number of carbonyl (C=O) groups excluding carboxylic acids is 1. The first-order valence-electron chi connectivity index (χ1n) is 7.16. The molecule has 0 bridgehead atoms. The van der Waals surface area contributed by atoms with Crippen LogP contribution in [0.4, 0.5) is 0 Å². The molecule has 3 N–H and O–H groups in total. The van der Waals surface area contributed by atoms with Gasteiger partial charge in [-0.25, -0.2) is 4.79 Å². The standard InChI is InChI=1S/C14H13Cl2NO8/c15-6-1-2-7(9(16)3-6)8(4-17(22)23)13(20)12(19)25-11-10(18)5-24-14(11,13)21/h1-3,8,10-11,18,20-21H,4-5H2/t8?,10-,11+,13+,14-/m0/s1. The summed E-state index contributed by atoms with van der Waals surface area (Å²) in [6.45, 7) is -1.38. The van der Waals surface area contributed by atoms with E-state index in [1.54, 1.807) is 0 Å². The Balaban J connectivity index is 2.15. The van der Waals surface area contributed by atoms with Crippen LogP contribution in [0.1, 0.15) is 11.5 Å². The summed E-state index contributed by atoms with van der Waals surface area (Å²) in [5.41, 5.74) is -2.85. The molecule has 1 aromatic rings. The van der Waals surface area contributed by atoms with E-state index in [2.05, 4.69) is 0 Å². The van der Waals surface area contributed by atoms with E-state index >= 15 is 0 Å². The maximum absolute atomic E-state index is 12.3. The summed E-state index contributed by atoms with van der Waals surface area (Å²) in [4.78, 5) is 22.7. The molecule has 0 radical (unpaired) electrons. The average Bonchev–Trinajstić information content (AvgIpc) is 2.91. The maximum atomic E-state index is 12.3. The first-order valence-corrected chi connectivity index (χ1v) is 7.91. The molecule has 5 atom stereocenters. The van der Waals surface area contributed by atoms with Crippen LogP contribution >= 0.6 is 23.2 Å². The number of nitrogens with zero attached hydrogens (tertiary/aromatic N) is 1. The molecule has 0 saturated carbocycles. The van der Waals surface area contributed by atoms with Crippen LogP contribution in [0.15, 0.2) is 18.2 Å². The quantitative estimate of drug-likeness (QED) is 0.371. The van der Waals surface area contributed by atoms with Gasteiger partial charge in [0.2, 0.25) is 17.9 Å². The first kappa shape index (κ1) is 18.3.